The molecule has 6 nitrogen and oxygen atoms in total. The number of amides is 1. The summed E-state index contributed by atoms with van der Waals surface area (Å²) in [7, 11) is 0. The number of anilines is 1. The van der Waals surface area contributed by atoms with Gasteiger partial charge in [0, 0.05) is 54.4 Å². The van der Waals surface area contributed by atoms with Crippen molar-refractivity contribution in [1.29, 1.82) is 0 Å². The van der Waals surface area contributed by atoms with Gasteiger partial charge in [-0.1, -0.05) is 41.4 Å². The molecule has 0 bridgehead atoms. The van der Waals surface area contributed by atoms with Gasteiger partial charge in [-0.15, -0.1) is 0 Å². The van der Waals surface area contributed by atoms with Crippen LogP contribution in [0.15, 0.2) is 59.1 Å². The molecule has 7 heteroatoms. The zero-order chi connectivity index (χ0) is 21.9. The average Bonchev–Trinajstić information content (AvgIpc) is 3.27. The van der Waals surface area contributed by atoms with Crippen LogP contribution in [0.3, 0.4) is 0 Å². The number of hydrogen-bond acceptors (Lipinski definition) is 5. The lowest BCUT2D eigenvalue weighted by Gasteiger charge is -2.35. The van der Waals surface area contributed by atoms with Gasteiger partial charge in [0.15, 0.2) is 0 Å². The van der Waals surface area contributed by atoms with Crippen molar-refractivity contribution in [3.8, 4) is 11.4 Å². The van der Waals surface area contributed by atoms with Crippen LogP contribution in [0.5, 0.6) is 0 Å². The van der Waals surface area contributed by atoms with E-state index >= 15 is 0 Å². The Bertz CT molecular complexity index is 1110. The third-order valence-corrected chi connectivity index (χ3v) is 6.63. The summed E-state index contributed by atoms with van der Waals surface area (Å²) in [6.45, 7) is 2.95. The molecule has 0 atom stereocenters. The Kier molecular flexibility index (Phi) is 5.95. The predicted molar refractivity (Wildman–Crippen MR) is 126 cm³/mol. The van der Waals surface area contributed by atoms with Crippen molar-refractivity contribution in [2.24, 2.45) is 0 Å². The highest BCUT2D eigenvalue weighted by molar-refractivity contribution is 6.32. The maximum atomic E-state index is 12.6. The molecule has 0 spiro atoms. The molecule has 1 aliphatic heterocycles. The number of benzene rings is 2. The summed E-state index contributed by atoms with van der Waals surface area (Å²) in [5, 5.41) is 4.79. The second kappa shape index (κ2) is 9.17. The first-order valence-electron chi connectivity index (χ1n) is 11.1. The van der Waals surface area contributed by atoms with Crippen LogP contribution in [-0.2, 0) is 4.79 Å². The quantitative estimate of drug-likeness (QED) is 0.513. The number of piperazine rings is 1. The second-order valence-corrected chi connectivity index (χ2v) is 8.71. The Morgan fingerprint density at radius 2 is 1.78 bits per heavy atom. The molecular weight excluding hydrogens is 424 g/mol. The fourth-order valence-corrected chi connectivity index (χ4v) is 4.26. The van der Waals surface area contributed by atoms with E-state index < -0.39 is 0 Å². The standard InChI is InChI=1S/C25H25ClN4O2/c26-22-7-2-1-4-18(22)10-13-23(31)30-16-14-29(15-17-30)21-11-8-19(9-12-21)24-27-25(32-28-24)20-5-3-6-20/h1-2,4,7-13,20H,3,5-6,14-17H2. The van der Waals surface area contributed by atoms with Crippen molar-refractivity contribution in [3.63, 3.8) is 0 Å². The smallest absolute Gasteiger partial charge is 0.246 e. The Morgan fingerprint density at radius 1 is 1.03 bits per heavy atom. The lowest BCUT2D eigenvalue weighted by molar-refractivity contribution is -0.126. The lowest BCUT2D eigenvalue weighted by atomic mass is 9.85. The number of hydrogen-bond donors (Lipinski definition) is 0. The molecular formula is C25H25ClN4O2. The van der Waals surface area contributed by atoms with E-state index in [0.29, 0.717) is 29.9 Å². The third kappa shape index (κ3) is 4.41. The Labute approximate surface area is 192 Å². The first kappa shape index (κ1) is 20.8. The largest absolute Gasteiger partial charge is 0.368 e. The topological polar surface area (TPSA) is 62.5 Å². The van der Waals surface area contributed by atoms with Crippen molar-refractivity contribution in [3.05, 3.63) is 71.1 Å². The number of aromatic nitrogens is 2. The summed E-state index contributed by atoms with van der Waals surface area (Å²) < 4.78 is 5.44. The van der Waals surface area contributed by atoms with Crippen LogP contribution in [0.25, 0.3) is 17.5 Å². The highest BCUT2D eigenvalue weighted by atomic mass is 35.5. The van der Waals surface area contributed by atoms with Gasteiger partial charge in [-0.25, -0.2) is 0 Å². The van der Waals surface area contributed by atoms with Gasteiger partial charge in [0.2, 0.25) is 17.6 Å². The minimum Gasteiger partial charge on any atom is -0.368 e. The maximum Gasteiger partial charge on any atom is 0.246 e. The summed E-state index contributed by atoms with van der Waals surface area (Å²) >= 11 is 6.16. The number of carbonyl (C=O) groups excluding carboxylic acids is 1. The third-order valence-electron chi connectivity index (χ3n) is 6.29. The molecule has 5 rings (SSSR count). The van der Waals surface area contributed by atoms with Gasteiger partial charge in [-0.3, -0.25) is 4.79 Å². The fraction of sp³-hybridized carbons (Fsp3) is 0.320. The molecule has 2 fully saturated rings. The normalized spacial score (nSPS) is 17.0. The molecule has 1 aliphatic carbocycles. The highest BCUT2D eigenvalue weighted by Crippen LogP contribution is 2.36. The van der Waals surface area contributed by atoms with Crippen LogP contribution >= 0.6 is 11.6 Å². The Morgan fingerprint density at radius 3 is 2.47 bits per heavy atom. The van der Waals surface area contributed by atoms with Crippen molar-refractivity contribution < 1.29 is 9.32 Å². The summed E-state index contributed by atoms with van der Waals surface area (Å²) in [5.41, 5.74) is 2.94. The monoisotopic (exact) mass is 448 g/mol. The van der Waals surface area contributed by atoms with Crippen molar-refractivity contribution in [2.45, 2.75) is 25.2 Å². The molecule has 32 heavy (non-hydrogen) atoms. The molecule has 0 N–H and O–H groups in total. The van der Waals surface area contributed by atoms with Crippen LogP contribution < -0.4 is 4.90 Å². The minimum absolute atomic E-state index is 0.0132. The number of rotatable bonds is 5. The van der Waals surface area contributed by atoms with Crippen LogP contribution in [0.2, 0.25) is 5.02 Å². The molecule has 1 aromatic heterocycles. The fourth-order valence-electron chi connectivity index (χ4n) is 4.06. The van der Waals surface area contributed by atoms with Crippen molar-refractivity contribution in [2.75, 3.05) is 31.1 Å². The van der Waals surface area contributed by atoms with Gasteiger partial charge in [0.1, 0.15) is 0 Å². The summed E-state index contributed by atoms with van der Waals surface area (Å²) in [6.07, 6.45) is 6.92. The van der Waals surface area contributed by atoms with E-state index in [1.165, 1.54) is 6.42 Å². The van der Waals surface area contributed by atoms with Crippen LogP contribution in [0, 0.1) is 0 Å². The predicted octanol–water partition coefficient (Wildman–Crippen LogP) is 5.02. The molecule has 0 unspecified atom stereocenters. The number of nitrogens with zero attached hydrogens (tertiary/aromatic N) is 4. The molecule has 1 saturated heterocycles. The van der Waals surface area contributed by atoms with Crippen molar-refractivity contribution >= 4 is 29.3 Å². The van der Waals surface area contributed by atoms with E-state index in [1.807, 2.05) is 41.3 Å². The summed E-state index contributed by atoms with van der Waals surface area (Å²) in [4.78, 5) is 21.3. The van der Waals surface area contributed by atoms with Crippen LogP contribution in [0.4, 0.5) is 5.69 Å². The zero-order valence-electron chi connectivity index (χ0n) is 17.8. The molecule has 1 amide bonds. The average molecular weight is 449 g/mol. The van der Waals surface area contributed by atoms with E-state index in [4.69, 9.17) is 16.1 Å². The van der Waals surface area contributed by atoms with E-state index in [0.717, 1.165) is 48.6 Å². The highest BCUT2D eigenvalue weighted by Gasteiger charge is 2.26. The van der Waals surface area contributed by atoms with Crippen molar-refractivity contribution in [1.82, 2.24) is 15.0 Å². The van der Waals surface area contributed by atoms with E-state index in [9.17, 15) is 4.79 Å². The van der Waals surface area contributed by atoms with E-state index in [1.54, 1.807) is 12.2 Å². The van der Waals surface area contributed by atoms with E-state index in [-0.39, 0.29) is 5.91 Å². The van der Waals surface area contributed by atoms with Gasteiger partial charge < -0.3 is 14.3 Å². The van der Waals surface area contributed by atoms with Gasteiger partial charge in [0.05, 0.1) is 0 Å². The first-order chi connectivity index (χ1) is 15.7. The second-order valence-electron chi connectivity index (χ2n) is 8.30. The molecule has 0 radical (unpaired) electrons. The molecule has 2 aliphatic rings. The summed E-state index contributed by atoms with van der Waals surface area (Å²) in [6, 6.07) is 15.8. The Balaban J connectivity index is 1.17. The molecule has 2 heterocycles. The Hall–Kier alpha value is -3.12. The molecule has 3 aromatic rings. The molecule has 164 valence electrons. The minimum atomic E-state index is 0.0132. The lowest BCUT2D eigenvalue weighted by Crippen LogP contribution is -2.48. The SMILES string of the molecule is O=C(C=Cc1ccccc1Cl)N1CCN(c2ccc(-c3noc(C4CCC4)n3)cc2)CC1. The number of carbonyl (C=O) groups is 1. The summed E-state index contributed by atoms with van der Waals surface area (Å²) in [5.74, 6) is 1.87. The van der Waals surface area contributed by atoms with Gasteiger partial charge in [-0.05, 0) is 54.8 Å². The number of halogens is 1. The van der Waals surface area contributed by atoms with Crippen LogP contribution in [-0.4, -0.2) is 47.1 Å². The molecule has 2 aromatic carbocycles. The van der Waals surface area contributed by atoms with Gasteiger partial charge in [-0.2, -0.15) is 4.98 Å². The first-order valence-corrected chi connectivity index (χ1v) is 11.5. The van der Waals surface area contributed by atoms with Gasteiger partial charge in [0.25, 0.3) is 0 Å². The maximum absolute atomic E-state index is 12.6. The van der Waals surface area contributed by atoms with E-state index in [2.05, 4.69) is 27.2 Å². The molecule has 1 saturated carbocycles. The van der Waals surface area contributed by atoms with Gasteiger partial charge >= 0.3 is 0 Å². The van der Waals surface area contributed by atoms with Crippen LogP contribution in [0.1, 0.15) is 36.6 Å². The zero-order valence-corrected chi connectivity index (χ0v) is 18.5.